The summed E-state index contributed by atoms with van der Waals surface area (Å²) in [5, 5.41) is 14.6. The van der Waals surface area contributed by atoms with Crippen LogP contribution in [0.2, 0.25) is 0 Å². The molecule has 1 aliphatic carbocycles. The summed E-state index contributed by atoms with van der Waals surface area (Å²) >= 11 is 0. The first-order valence-corrected chi connectivity index (χ1v) is 7.92. The molecule has 0 saturated heterocycles. The number of carbonyl (C=O) groups is 1. The van der Waals surface area contributed by atoms with Gasteiger partial charge in [-0.3, -0.25) is 10.1 Å². The molecule has 1 saturated carbocycles. The zero-order chi connectivity index (χ0) is 17.5. The topological polar surface area (TPSA) is 86.4 Å². The number of carbonyl (C=O) groups excluding carboxylic acids is 1. The minimum absolute atomic E-state index is 0.0771. The van der Waals surface area contributed by atoms with Crippen LogP contribution in [0.25, 0.3) is 10.9 Å². The molecule has 2 aromatic rings. The maximum Gasteiger partial charge on any atom is 0.408 e. The molecule has 3 rings (SSSR count). The lowest BCUT2D eigenvalue weighted by Crippen LogP contribution is -2.42. The van der Waals surface area contributed by atoms with Crippen molar-refractivity contribution in [3.8, 4) is 0 Å². The lowest BCUT2D eigenvalue weighted by Gasteiger charge is -2.24. The van der Waals surface area contributed by atoms with Crippen molar-refractivity contribution in [3.05, 3.63) is 40.6 Å². The number of nitro benzene ring substituents is 1. The molecule has 1 fully saturated rings. The summed E-state index contributed by atoms with van der Waals surface area (Å²) in [7, 11) is 0. The van der Waals surface area contributed by atoms with Gasteiger partial charge >= 0.3 is 6.09 Å². The van der Waals surface area contributed by atoms with Crippen LogP contribution in [0.5, 0.6) is 0 Å². The van der Waals surface area contributed by atoms with Gasteiger partial charge < -0.3 is 14.6 Å². The number of nitrogens with zero attached hydrogens (tertiary/aromatic N) is 2. The Bertz CT molecular complexity index is 800. The van der Waals surface area contributed by atoms with Crippen molar-refractivity contribution in [1.29, 1.82) is 0 Å². The van der Waals surface area contributed by atoms with Crippen LogP contribution in [0, 0.1) is 10.1 Å². The van der Waals surface area contributed by atoms with E-state index in [-0.39, 0.29) is 11.2 Å². The minimum Gasteiger partial charge on any atom is -0.444 e. The van der Waals surface area contributed by atoms with E-state index in [2.05, 4.69) is 5.32 Å². The summed E-state index contributed by atoms with van der Waals surface area (Å²) in [5.41, 5.74) is 0.168. The molecule has 1 heterocycles. The number of aromatic nitrogens is 1. The van der Waals surface area contributed by atoms with E-state index in [1.807, 2.05) is 37.6 Å². The van der Waals surface area contributed by atoms with Crippen molar-refractivity contribution in [2.24, 2.45) is 0 Å². The van der Waals surface area contributed by atoms with E-state index in [0.29, 0.717) is 6.54 Å². The molecule has 7 nitrogen and oxygen atoms in total. The zero-order valence-corrected chi connectivity index (χ0v) is 14.0. The molecule has 0 radical (unpaired) electrons. The summed E-state index contributed by atoms with van der Waals surface area (Å²) in [6.45, 7) is 6.11. The predicted molar refractivity (Wildman–Crippen MR) is 89.9 cm³/mol. The summed E-state index contributed by atoms with van der Waals surface area (Å²) in [6.07, 6.45) is 3.26. The molecule has 1 aromatic heterocycles. The number of hydrogen-bond donors (Lipinski definition) is 1. The van der Waals surface area contributed by atoms with Crippen LogP contribution in [0.1, 0.15) is 33.6 Å². The standard InChI is InChI=1S/C17H21N3O4/c1-16(2,3)24-15(21)18-17(7-8-17)11-19-9-6-12-10-13(20(22)23)4-5-14(12)19/h4-6,9-10H,7-8,11H2,1-3H3,(H,18,21). The van der Waals surface area contributed by atoms with E-state index in [9.17, 15) is 14.9 Å². The van der Waals surface area contributed by atoms with Crippen molar-refractivity contribution in [2.75, 3.05) is 0 Å². The monoisotopic (exact) mass is 331 g/mol. The van der Waals surface area contributed by atoms with Crippen molar-refractivity contribution in [3.63, 3.8) is 0 Å². The van der Waals surface area contributed by atoms with Gasteiger partial charge in [0, 0.05) is 35.8 Å². The average molecular weight is 331 g/mol. The molecule has 1 amide bonds. The Morgan fingerprint density at radius 3 is 2.67 bits per heavy atom. The molecule has 0 bridgehead atoms. The van der Waals surface area contributed by atoms with Gasteiger partial charge in [0.05, 0.1) is 10.5 Å². The highest BCUT2D eigenvalue weighted by atomic mass is 16.6. The Morgan fingerprint density at radius 2 is 2.08 bits per heavy atom. The Balaban J connectivity index is 1.75. The van der Waals surface area contributed by atoms with Crippen molar-refractivity contribution in [1.82, 2.24) is 9.88 Å². The number of rotatable bonds is 4. The van der Waals surface area contributed by atoms with Crippen LogP contribution < -0.4 is 5.32 Å². The van der Waals surface area contributed by atoms with E-state index in [0.717, 1.165) is 23.7 Å². The number of benzene rings is 1. The highest BCUT2D eigenvalue weighted by Crippen LogP contribution is 2.38. The molecule has 1 N–H and O–H groups in total. The van der Waals surface area contributed by atoms with Crippen molar-refractivity contribution in [2.45, 2.75) is 51.3 Å². The summed E-state index contributed by atoms with van der Waals surface area (Å²) in [4.78, 5) is 22.5. The maximum atomic E-state index is 12.0. The van der Waals surface area contributed by atoms with Crippen LogP contribution in [-0.4, -0.2) is 26.7 Å². The van der Waals surface area contributed by atoms with Crippen LogP contribution in [0.4, 0.5) is 10.5 Å². The molecule has 7 heteroatoms. The zero-order valence-electron chi connectivity index (χ0n) is 14.0. The first-order valence-electron chi connectivity index (χ1n) is 7.92. The molecule has 0 spiro atoms. The van der Waals surface area contributed by atoms with Crippen LogP contribution in [0.3, 0.4) is 0 Å². The Kier molecular flexibility index (Phi) is 3.74. The third-order valence-corrected chi connectivity index (χ3v) is 4.06. The highest BCUT2D eigenvalue weighted by molar-refractivity contribution is 5.82. The van der Waals surface area contributed by atoms with Gasteiger partial charge in [0.25, 0.3) is 5.69 Å². The molecular formula is C17H21N3O4. The van der Waals surface area contributed by atoms with E-state index in [1.54, 1.807) is 12.1 Å². The molecule has 0 atom stereocenters. The number of fused-ring (bicyclic) bond motifs is 1. The van der Waals surface area contributed by atoms with Gasteiger partial charge in [0.1, 0.15) is 5.60 Å². The van der Waals surface area contributed by atoms with Gasteiger partial charge in [0.15, 0.2) is 0 Å². The molecule has 0 unspecified atom stereocenters. The van der Waals surface area contributed by atoms with Gasteiger partial charge in [-0.1, -0.05) is 0 Å². The second kappa shape index (κ2) is 5.51. The summed E-state index contributed by atoms with van der Waals surface area (Å²) in [6, 6.07) is 6.66. The fraction of sp³-hybridized carbons (Fsp3) is 0.471. The molecule has 1 aliphatic rings. The average Bonchev–Trinajstić information content (AvgIpc) is 3.08. The first-order chi connectivity index (χ1) is 11.2. The molecule has 24 heavy (non-hydrogen) atoms. The number of nitro groups is 1. The van der Waals surface area contributed by atoms with Crippen LogP contribution >= 0.6 is 0 Å². The van der Waals surface area contributed by atoms with E-state index < -0.39 is 16.6 Å². The second-order valence-electron chi connectivity index (χ2n) is 7.35. The smallest absolute Gasteiger partial charge is 0.408 e. The second-order valence-corrected chi connectivity index (χ2v) is 7.35. The summed E-state index contributed by atoms with van der Waals surface area (Å²) in [5.74, 6) is 0. The summed E-state index contributed by atoms with van der Waals surface area (Å²) < 4.78 is 7.35. The first kappa shape index (κ1) is 16.3. The molecule has 128 valence electrons. The number of hydrogen-bond acceptors (Lipinski definition) is 4. The van der Waals surface area contributed by atoms with Crippen molar-refractivity contribution >= 4 is 22.7 Å². The number of ether oxygens (including phenoxy) is 1. The Labute approximate surface area is 139 Å². The van der Waals surface area contributed by atoms with E-state index in [1.165, 1.54) is 6.07 Å². The maximum absolute atomic E-state index is 12.0. The number of nitrogens with one attached hydrogen (secondary N) is 1. The largest absolute Gasteiger partial charge is 0.444 e. The fourth-order valence-electron chi connectivity index (χ4n) is 2.76. The van der Waals surface area contributed by atoms with Gasteiger partial charge in [-0.2, -0.15) is 0 Å². The quantitative estimate of drug-likeness (QED) is 0.685. The van der Waals surface area contributed by atoms with E-state index in [4.69, 9.17) is 4.74 Å². The molecule has 0 aliphatic heterocycles. The fourth-order valence-corrected chi connectivity index (χ4v) is 2.76. The third kappa shape index (κ3) is 3.50. The SMILES string of the molecule is CC(C)(C)OC(=O)NC1(Cn2ccc3cc([N+](=O)[O-])ccc32)CC1. The predicted octanol–water partition coefficient (Wildman–Crippen LogP) is 3.61. The van der Waals surface area contributed by atoms with Gasteiger partial charge in [-0.05, 0) is 45.7 Å². The minimum atomic E-state index is -0.529. The van der Waals surface area contributed by atoms with Crippen LogP contribution in [0.15, 0.2) is 30.5 Å². The number of amides is 1. The van der Waals surface area contributed by atoms with Crippen LogP contribution in [-0.2, 0) is 11.3 Å². The molecular weight excluding hydrogens is 310 g/mol. The lowest BCUT2D eigenvalue weighted by molar-refractivity contribution is -0.384. The van der Waals surface area contributed by atoms with E-state index >= 15 is 0 Å². The number of alkyl carbamates (subject to hydrolysis) is 1. The Hall–Kier alpha value is -2.57. The van der Waals surface area contributed by atoms with Gasteiger partial charge in [-0.15, -0.1) is 0 Å². The molecule has 1 aromatic carbocycles. The van der Waals surface area contributed by atoms with Gasteiger partial charge in [-0.25, -0.2) is 4.79 Å². The van der Waals surface area contributed by atoms with Crippen molar-refractivity contribution < 1.29 is 14.5 Å². The highest BCUT2D eigenvalue weighted by Gasteiger charge is 2.45. The lowest BCUT2D eigenvalue weighted by atomic mass is 10.2. The third-order valence-electron chi connectivity index (χ3n) is 4.06. The number of non-ortho nitro benzene ring substituents is 1. The Morgan fingerprint density at radius 1 is 1.38 bits per heavy atom. The van der Waals surface area contributed by atoms with Gasteiger partial charge in [0.2, 0.25) is 0 Å². The normalized spacial score (nSPS) is 16.0.